The fourth-order valence-electron chi connectivity index (χ4n) is 4.14. The summed E-state index contributed by atoms with van der Waals surface area (Å²) in [5, 5.41) is 0. The Morgan fingerprint density at radius 3 is 2.47 bits per heavy atom. The van der Waals surface area contributed by atoms with Crippen molar-refractivity contribution in [2.45, 2.75) is 18.9 Å². The van der Waals surface area contributed by atoms with Gasteiger partial charge in [-0.05, 0) is 45.9 Å². The van der Waals surface area contributed by atoms with Gasteiger partial charge in [0, 0.05) is 37.1 Å². The molecule has 9 heteroatoms. The summed E-state index contributed by atoms with van der Waals surface area (Å²) >= 11 is 0. The van der Waals surface area contributed by atoms with Crippen LogP contribution < -0.4 is 4.90 Å². The van der Waals surface area contributed by atoms with E-state index < -0.39 is 15.3 Å². The minimum absolute atomic E-state index is 0.00108. The molecule has 2 aliphatic rings. The van der Waals surface area contributed by atoms with Crippen LogP contribution in [0.3, 0.4) is 0 Å². The number of carbonyl (C=O) groups is 1. The van der Waals surface area contributed by atoms with Crippen molar-refractivity contribution in [1.82, 2.24) is 14.9 Å². The van der Waals surface area contributed by atoms with Crippen LogP contribution in [0.1, 0.15) is 24.4 Å². The summed E-state index contributed by atoms with van der Waals surface area (Å²) in [7, 11) is -2.08. The quantitative estimate of drug-likeness (QED) is 0.694. The summed E-state index contributed by atoms with van der Waals surface area (Å²) in [5.74, 6) is 3.96. The molecular formula is C21H24F2N4O2S. The Balaban J connectivity index is 1.59. The Bertz CT molecular complexity index is 1020. The van der Waals surface area contributed by atoms with Crippen LogP contribution in [-0.4, -0.2) is 62.0 Å². The molecule has 0 aliphatic carbocycles. The van der Waals surface area contributed by atoms with Gasteiger partial charge in [-0.2, -0.15) is 0 Å². The van der Waals surface area contributed by atoms with Gasteiger partial charge in [0.05, 0.1) is 18.4 Å². The molecule has 0 saturated carbocycles. The van der Waals surface area contributed by atoms with Gasteiger partial charge in [0.2, 0.25) is 11.9 Å². The van der Waals surface area contributed by atoms with E-state index in [-0.39, 0.29) is 23.7 Å². The lowest BCUT2D eigenvalue weighted by atomic mass is 9.96. The molecule has 1 aromatic carbocycles. The highest BCUT2D eigenvalue weighted by Crippen LogP contribution is 2.31. The average molecular weight is 435 g/mol. The molecule has 3 heterocycles. The van der Waals surface area contributed by atoms with Crippen LogP contribution in [-0.2, 0) is 14.3 Å². The zero-order valence-electron chi connectivity index (χ0n) is 16.5. The van der Waals surface area contributed by atoms with E-state index in [0.29, 0.717) is 55.5 Å². The number of amides is 1. The molecule has 0 bridgehead atoms. The third kappa shape index (κ3) is 4.45. The van der Waals surface area contributed by atoms with Gasteiger partial charge < -0.3 is 9.80 Å². The molecule has 0 spiro atoms. The lowest BCUT2D eigenvalue weighted by molar-refractivity contribution is -0.138. The van der Waals surface area contributed by atoms with E-state index in [2.05, 4.69) is 15.8 Å². The molecule has 2 saturated heterocycles. The molecule has 6 nitrogen and oxygen atoms in total. The zero-order chi connectivity index (χ0) is 21.3. The normalized spacial score (nSPS) is 27.1. The number of halogens is 2. The third-order valence-electron chi connectivity index (χ3n) is 5.81. The number of benzene rings is 1. The van der Waals surface area contributed by atoms with E-state index >= 15 is 0 Å². The first-order valence-electron chi connectivity index (χ1n) is 9.93. The second-order valence-electron chi connectivity index (χ2n) is 7.90. The SMILES string of the molecule is C=S1(=O)CCC(C(=O)N2CCN(c3ncc(F)cn3)CC2c2cccc(F)c2)CC1. The van der Waals surface area contributed by atoms with Crippen molar-refractivity contribution in [3.63, 3.8) is 0 Å². The van der Waals surface area contributed by atoms with E-state index in [9.17, 15) is 17.8 Å². The van der Waals surface area contributed by atoms with Crippen molar-refractivity contribution in [2.75, 3.05) is 36.0 Å². The smallest absolute Gasteiger partial charge is 0.226 e. The Morgan fingerprint density at radius 1 is 1.10 bits per heavy atom. The molecule has 0 radical (unpaired) electrons. The molecule has 0 N–H and O–H groups in total. The Labute approximate surface area is 174 Å². The van der Waals surface area contributed by atoms with E-state index in [4.69, 9.17) is 0 Å². The van der Waals surface area contributed by atoms with Crippen molar-refractivity contribution in [2.24, 2.45) is 5.92 Å². The first kappa shape index (κ1) is 20.7. The standard InChI is InChI=1S/C21H24F2N4O2S/c1-30(29)9-5-15(6-10-30)20(28)27-8-7-26(21-24-12-18(23)13-25-21)14-19(27)16-3-2-4-17(22)11-16/h2-4,11-13,15,19H,1,5-10,14H2. The molecule has 1 unspecified atom stereocenters. The fraction of sp³-hybridized carbons (Fsp3) is 0.429. The van der Waals surface area contributed by atoms with E-state index in [1.165, 1.54) is 12.1 Å². The van der Waals surface area contributed by atoms with Gasteiger partial charge >= 0.3 is 0 Å². The molecule has 1 amide bonds. The van der Waals surface area contributed by atoms with Gasteiger partial charge in [0.15, 0.2) is 5.82 Å². The van der Waals surface area contributed by atoms with Crippen LogP contribution in [0.2, 0.25) is 0 Å². The van der Waals surface area contributed by atoms with Crippen molar-refractivity contribution >= 4 is 27.2 Å². The number of nitrogens with zero attached hydrogens (tertiary/aromatic N) is 4. The zero-order valence-corrected chi connectivity index (χ0v) is 17.4. The Hall–Kier alpha value is -2.55. The maximum atomic E-state index is 13.9. The second-order valence-corrected chi connectivity index (χ2v) is 10.6. The highest BCUT2D eigenvalue weighted by atomic mass is 32.2. The first-order valence-corrected chi connectivity index (χ1v) is 12.0. The summed E-state index contributed by atoms with van der Waals surface area (Å²) in [5.41, 5.74) is 0.687. The molecule has 2 aliphatic heterocycles. The largest absolute Gasteiger partial charge is 0.337 e. The molecule has 2 aromatic rings. The van der Waals surface area contributed by atoms with Crippen LogP contribution in [0, 0.1) is 17.6 Å². The van der Waals surface area contributed by atoms with Gasteiger partial charge in [-0.3, -0.25) is 9.00 Å². The van der Waals surface area contributed by atoms with Crippen LogP contribution in [0.25, 0.3) is 0 Å². The molecular weight excluding hydrogens is 410 g/mol. The highest BCUT2D eigenvalue weighted by Gasteiger charge is 2.37. The number of carbonyl (C=O) groups excluding carboxylic acids is 1. The predicted octanol–water partition coefficient (Wildman–Crippen LogP) is 2.27. The summed E-state index contributed by atoms with van der Waals surface area (Å²) < 4.78 is 39.3. The Kier molecular flexibility index (Phi) is 5.73. The number of anilines is 1. The molecule has 30 heavy (non-hydrogen) atoms. The van der Waals surface area contributed by atoms with E-state index in [0.717, 1.165) is 12.4 Å². The van der Waals surface area contributed by atoms with Crippen molar-refractivity contribution in [1.29, 1.82) is 0 Å². The summed E-state index contributed by atoms with van der Waals surface area (Å²) in [6.07, 6.45) is 3.32. The minimum Gasteiger partial charge on any atom is -0.337 e. The summed E-state index contributed by atoms with van der Waals surface area (Å²) in [6, 6.07) is 5.84. The monoisotopic (exact) mass is 434 g/mol. The van der Waals surface area contributed by atoms with E-state index in [1.54, 1.807) is 17.0 Å². The number of hydrogen-bond acceptors (Lipinski definition) is 5. The molecule has 2 fully saturated rings. The van der Waals surface area contributed by atoms with Gasteiger partial charge in [0.25, 0.3) is 0 Å². The molecule has 4 rings (SSSR count). The minimum atomic E-state index is -2.08. The third-order valence-corrected chi connectivity index (χ3v) is 7.77. The van der Waals surface area contributed by atoms with Crippen LogP contribution in [0.15, 0.2) is 36.7 Å². The maximum absolute atomic E-state index is 13.9. The van der Waals surface area contributed by atoms with Crippen LogP contribution in [0.5, 0.6) is 0 Å². The van der Waals surface area contributed by atoms with Gasteiger partial charge in [-0.15, -0.1) is 0 Å². The molecule has 1 atom stereocenters. The number of hydrogen-bond donors (Lipinski definition) is 0. The van der Waals surface area contributed by atoms with Crippen LogP contribution in [0.4, 0.5) is 14.7 Å². The highest BCUT2D eigenvalue weighted by molar-refractivity contribution is 8.00. The predicted molar refractivity (Wildman–Crippen MR) is 113 cm³/mol. The molecule has 160 valence electrons. The fourth-order valence-corrected chi connectivity index (χ4v) is 5.77. The van der Waals surface area contributed by atoms with Crippen molar-refractivity contribution < 1.29 is 17.8 Å². The lowest BCUT2D eigenvalue weighted by Gasteiger charge is -2.43. The van der Waals surface area contributed by atoms with Crippen molar-refractivity contribution in [3.05, 3.63) is 53.9 Å². The lowest BCUT2D eigenvalue weighted by Crippen LogP contribution is -2.53. The molecule has 1 aromatic heterocycles. The summed E-state index contributed by atoms with van der Waals surface area (Å²) in [6.45, 7) is 1.28. The number of rotatable bonds is 3. The summed E-state index contributed by atoms with van der Waals surface area (Å²) in [4.78, 5) is 25.1. The number of aromatic nitrogens is 2. The van der Waals surface area contributed by atoms with Gasteiger partial charge in [-0.25, -0.2) is 18.7 Å². The van der Waals surface area contributed by atoms with Crippen LogP contribution >= 0.6 is 0 Å². The Morgan fingerprint density at radius 2 is 1.80 bits per heavy atom. The van der Waals surface area contributed by atoms with Gasteiger partial charge in [0.1, 0.15) is 5.82 Å². The average Bonchev–Trinajstić information content (AvgIpc) is 2.73. The maximum Gasteiger partial charge on any atom is 0.226 e. The second kappa shape index (κ2) is 8.29. The number of piperazine rings is 1. The first-order chi connectivity index (χ1) is 14.3. The van der Waals surface area contributed by atoms with E-state index in [1.807, 2.05) is 4.90 Å². The van der Waals surface area contributed by atoms with Crippen molar-refractivity contribution in [3.8, 4) is 0 Å². The van der Waals surface area contributed by atoms with Gasteiger partial charge in [-0.1, -0.05) is 12.1 Å². The topological polar surface area (TPSA) is 66.4 Å².